The zero-order valence-corrected chi connectivity index (χ0v) is 16.5. The second-order valence-electron chi connectivity index (χ2n) is 5.87. The third kappa shape index (κ3) is 5.09. The Morgan fingerprint density at radius 3 is 2.39 bits per heavy atom. The third-order valence-electron chi connectivity index (χ3n) is 3.85. The Morgan fingerprint density at radius 2 is 1.71 bits per heavy atom. The largest absolute Gasteiger partial charge is 0.479 e. The molecule has 1 atom stereocenters. The molecule has 3 rings (SSSR count). The van der Waals surface area contributed by atoms with Crippen LogP contribution in [-0.2, 0) is 4.79 Å². The molecule has 0 aliphatic heterocycles. The van der Waals surface area contributed by atoms with Crippen molar-refractivity contribution in [1.82, 2.24) is 10.4 Å². The first kappa shape index (κ1) is 19.9. The van der Waals surface area contributed by atoms with Crippen LogP contribution in [0.4, 0.5) is 0 Å². The summed E-state index contributed by atoms with van der Waals surface area (Å²) < 4.78 is 5.62. The minimum Gasteiger partial charge on any atom is -0.479 e. The second kappa shape index (κ2) is 9.35. The van der Waals surface area contributed by atoms with E-state index < -0.39 is 12.0 Å². The molecule has 0 saturated carbocycles. The van der Waals surface area contributed by atoms with Gasteiger partial charge in [0, 0.05) is 28.5 Å². The summed E-state index contributed by atoms with van der Waals surface area (Å²) in [6.07, 6.45) is 2.53. The first-order chi connectivity index (χ1) is 13.5. The minimum absolute atomic E-state index is 0.331. The molecule has 0 bridgehead atoms. The van der Waals surface area contributed by atoms with E-state index in [4.69, 9.17) is 27.9 Å². The molecule has 2 aromatic carbocycles. The molecule has 0 radical (unpaired) electrons. The molecule has 1 heterocycles. The lowest BCUT2D eigenvalue weighted by Gasteiger charge is -2.15. The number of amides is 1. The molecule has 0 aliphatic rings. The van der Waals surface area contributed by atoms with E-state index in [2.05, 4.69) is 15.5 Å². The highest BCUT2D eigenvalue weighted by atomic mass is 35.5. The summed E-state index contributed by atoms with van der Waals surface area (Å²) in [4.78, 5) is 16.5. The standard InChI is InChI=1S/C21H17Cl2N3O2/c1-14(28-19-8-7-17(22)13-18(19)23)21(27)26-25-20(15-5-3-2-4-6-15)16-9-11-24-12-10-16/h2-14H,1H3,(H,26,27). The molecule has 1 unspecified atom stereocenters. The van der Waals surface area contributed by atoms with Crippen molar-refractivity contribution in [2.75, 3.05) is 0 Å². The van der Waals surface area contributed by atoms with Crippen LogP contribution in [0.5, 0.6) is 5.75 Å². The van der Waals surface area contributed by atoms with Crippen LogP contribution in [0.15, 0.2) is 78.2 Å². The van der Waals surface area contributed by atoms with Gasteiger partial charge in [-0.05, 0) is 37.3 Å². The number of rotatable bonds is 6. The Morgan fingerprint density at radius 1 is 1.04 bits per heavy atom. The van der Waals surface area contributed by atoms with Gasteiger partial charge in [-0.3, -0.25) is 9.78 Å². The first-order valence-electron chi connectivity index (χ1n) is 8.49. The van der Waals surface area contributed by atoms with E-state index in [0.29, 0.717) is 21.5 Å². The molecular weight excluding hydrogens is 397 g/mol. The SMILES string of the molecule is CC(Oc1ccc(Cl)cc1Cl)C(=O)NN=C(c1ccccc1)c1ccncc1. The van der Waals surface area contributed by atoms with Crippen molar-refractivity contribution in [3.63, 3.8) is 0 Å². The molecule has 1 aromatic heterocycles. The van der Waals surface area contributed by atoms with Gasteiger partial charge in [-0.2, -0.15) is 5.10 Å². The van der Waals surface area contributed by atoms with Crippen molar-refractivity contribution in [1.29, 1.82) is 0 Å². The molecule has 1 N–H and O–H groups in total. The Kier molecular flexibility index (Phi) is 6.63. The number of hydrogen-bond donors (Lipinski definition) is 1. The van der Waals surface area contributed by atoms with Crippen LogP contribution in [0, 0.1) is 0 Å². The lowest BCUT2D eigenvalue weighted by atomic mass is 10.0. The number of halogens is 2. The normalized spacial score (nSPS) is 12.3. The number of benzene rings is 2. The van der Waals surface area contributed by atoms with Gasteiger partial charge < -0.3 is 4.74 Å². The molecular formula is C21H17Cl2N3O2. The first-order valence-corrected chi connectivity index (χ1v) is 9.25. The van der Waals surface area contributed by atoms with Gasteiger partial charge in [-0.25, -0.2) is 5.43 Å². The van der Waals surface area contributed by atoms with Crippen molar-refractivity contribution in [2.24, 2.45) is 5.10 Å². The van der Waals surface area contributed by atoms with Crippen LogP contribution in [0.1, 0.15) is 18.1 Å². The van der Waals surface area contributed by atoms with Gasteiger partial charge in [0.1, 0.15) is 5.75 Å². The molecule has 28 heavy (non-hydrogen) atoms. The molecule has 0 spiro atoms. The molecule has 0 aliphatic carbocycles. The molecule has 0 fully saturated rings. The lowest BCUT2D eigenvalue weighted by molar-refractivity contribution is -0.127. The highest BCUT2D eigenvalue weighted by Crippen LogP contribution is 2.28. The van der Waals surface area contributed by atoms with Crippen molar-refractivity contribution in [3.8, 4) is 5.75 Å². The molecule has 3 aromatic rings. The van der Waals surface area contributed by atoms with Gasteiger partial charge in [-0.1, -0.05) is 53.5 Å². The maximum atomic E-state index is 12.5. The summed E-state index contributed by atoms with van der Waals surface area (Å²) in [5.74, 6) is -0.0383. The molecule has 5 nitrogen and oxygen atoms in total. The number of aromatic nitrogens is 1. The maximum Gasteiger partial charge on any atom is 0.280 e. The quantitative estimate of drug-likeness (QED) is 0.469. The predicted molar refractivity (Wildman–Crippen MR) is 111 cm³/mol. The molecule has 7 heteroatoms. The number of nitrogens with one attached hydrogen (secondary N) is 1. The average molecular weight is 414 g/mol. The average Bonchev–Trinajstić information content (AvgIpc) is 2.71. The summed E-state index contributed by atoms with van der Waals surface area (Å²) in [5, 5.41) is 5.14. The number of ether oxygens (including phenoxy) is 1. The zero-order chi connectivity index (χ0) is 19.9. The smallest absolute Gasteiger partial charge is 0.280 e. The van der Waals surface area contributed by atoms with E-state index in [-0.39, 0.29) is 0 Å². The number of carbonyl (C=O) groups is 1. The van der Waals surface area contributed by atoms with E-state index in [1.54, 1.807) is 37.5 Å². The van der Waals surface area contributed by atoms with Crippen molar-refractivity contribution >= 4 is 34.8 Å². The van der Waals surface area contributed by atoms with Crippen molar-refractivity contribution < 1.29 is 9.53 Å². The number of hydrogen-bond acceptors (Lipinski definition) is 4. The topological polar surface area (TPSA) is 63.6 Å². The van der Waals surface area contributed by atoms with Crippen LogP contribution >= 0.6 is 23.2 Å². The highest BCUT2D eigenvalue weighted by Gasteiger charge is 2.17. The summed E-state index contributed by atoms with van der Waals surface area (Å²) >= 11 is 12.0. The maximum absolute atomic E-state index is 12.5. The minimum atomic E-state index is -0.808. The van der Waals surface area contributed by atoms with Gasteiger partial charge in [0.25, 0.3) is 5.91 Å². The summed E-state index contributed by atoms with van der Waals surface area (Å²) in [5.41, 5.74) is 4.88. The second-order valence-corrected chi connectivity index (χ2v) is 6.72. The number of hydrazone groups is 1. The van der Waals surface area contributed by atoms with E-state index in [1.165, 1.54) is 0 Å². The highest BCUT2D eigenvalue weighted by molar-refractivity contribution is 6.35. The van der Waals surface area contributed by atoms with E-state index in [0.717, 1.165) is 11.1 Å². The summed E-state index contributed by atoms with van der Waals surface area (Å²) in [7, 11) is 0. The van der Waals surface area contributed by atoms with Crippen LogP contribution in [0.25, 0.3) is 0 Å². The van der Waals surface area contributed by atoms with Crippen LogP contribution in [-0.4, -0.2) is 22.7 Å². The van der Waals surface area contributed by atoms with E-state index in [9.17, 15) is 4.79 Å². The molecule has 142 valence electrons. The van der Waals surface area contributed by atoms with E-state index >= 15 is 0 Å². The number of carbonyl (C=O) groups excluding carboxylic acids is 1. The predicted octanol–water partition coefficient (Wildman–Crippen LogP) is 4.72. The zero-order valence-electron chi connectivity index (χ0n) is 15.0. The monoisotopic (exact) mass is 413 g/mol. The fourth-order valence-electron chi connectivity index (χ4n) is 2.42. The number of pyridine rings is 1. The fraction of sp³-hybridized carbons (Fsp3) is 0.0952. The van der Waals surface area contributed by atoms with Crippen molar-refractivity contribution in [3.05, 3.63) is 94.2 Å². The molecule has 1 amide bonds. The number of nitrogens with zero attached hydrogens (tertiary/aromatic N) is 2. The Bertz CT molecular complexity index is 938. The summed E-state index contributed by atoms with van der Waals surface area (Å²) in [6.45, 7) is 1.62. The van der Waals surface area contributed by atoms with Gasteiger partial charge in [0.15, 0.2) is 6.10 Å². The van der Waals surface area contributed by atoms with Crippen LogP contribution in [0.2, 0.25) is 10.0 Å². The van der Waals surface area contributed by atoms with Crippen LogP contribution in [0.3, 0.4) is 0 Å². The van der Waals surface area contributed by atoms with Crippen molar-refractivity contribution in [2.45, 2.75) is 13.0 Å². The van der Waals surface area contributed by atoms with Gasteiger partial charge in [-0.15, -0.1) is 0 Å². The van der Waals surface area contributed by atoms with Crippen LogP contribution < -0.4 is 10.2 Å². The Labute approximate surface area is 173 Å². The fourth-order valence-corrected chi connectivity index (χ4v) is 2.87. The van der Waals surface area contributed by atoms with Gasteiger partial charge >= 0.3 is 0 Å². The Hall–Kier alpha value is -2.89. The van der Waals surface area contributed by atoms with E-state index in [1.807, 2.05) is 42.5 Å². The van der Waals surface area contributed by atoms with Gasteiger partial charge in [0.05, 0.1) is 10.7 Å². The lowest BCUT2D eigenvalue weighted by Crippen LogP contribution is -2.34. The Balaban J connectivity index is 1.77. The third-order valence-corrected chi connectivity index (χ3v) is 4.38. The summed E-state index contributed by atoms with van der Waals surface area (Å²) in [6, 6.07) is 18.0. The molecule has 0 saturated heterocycles. The van der Waals surface area contributed by atoms with Gasteiger partial charge in [0.2, 0.25) is 0 Å².